The summed E-state index contributed by atoms with van der Waals surface area (Å²) in [4.78, 5) is 22.6. The Hall–Kier alpha value is -2.81. The first-order chi connectivity index (χ1) is 11.1. The van der Waals surface area contributed by atoms with Crippen LogP contribution in [-0.2, 0) is 0 Å². The molecule has 2 heterocycles. The third-order valence-corrected chi connectivity index (χ3v) is 3.81. The summed E-state index contributed by atoms with van der Waals surface area (Å²) in [6, 6.07) is 6.04. The third kappa shape index (κ3) is 3.04. The molecule has 0 spiro atoms. The summed E-state index contributed by atoms with van der Waals surface area (Å²) >= 11 is 0. The lowest BCUT2D eigenvalue weighted by Gasteiger charge is -2.26. The number of carbonyl (C=O) groups excluding carboxylic acids is 1. The van der Waals surface area contributed by atoms with Gasteiger partial charge in [0.25, 0.3) is 11.6 Å². The Labute approximate surface area is 131 Å². The average molecular weight is 316 g/mol. The van der Waals surface area contributed by atoms with Crippen molar-refractivity contribution in [2.75, 3.05) is 19.6 Å². The highest BCUT2D eigenvalue weighted by atomic mass is 16.6. The molecule has 0 aliphatic carbocycles. The topological polar surface area (TPSA) is 115 Å². The van der Waals surface area contributed by atoms with Crippen LogP contribution in [0.15, 0.2) is 24.3 Å². The summed E-state index contributed by atoms with van der Waals surface area (Å²) in [7, 11) is 0. The molecule has 0 bridgehead atoms. The van der Waals surface area contributed by atoms with Gasteiger partial charge in [0, 0.05) is 37.7 Å². The van der Waals surface area contributed by atoms with Crippen molar-refractivity contribution >= 4 is 11.6 Å². The lowest BCUT2D eigenvalue weighted by molar-refractivity contribution is -0.384. The van der Waals surface area contributed by atoms with E-state index in [2.05, 4.69) is 20.9 Å². The van der Waals surface area contributed by atoms with Crippen LogP contribution in [0.25, 0.3) is 5.69 Å². The average Bonchev–Trinajstić information content (AvgIpc) is 2.87. The summed E-state index contributed by atoms with van der Waals surface area (Å²) in [5.41, 5.74) is 1.21. The van der Waals surface area contributed by atoms with Crippen LogP contribution in [0.2, 0.25) is 0 Å². The van der Waals surface area contributed by atoms with E-state index >= 15 is 0 Å². The molecule has 1 aliphatic rings. The predicted octanol–water partition coefficient (Wildman–Crippen LogP) is 0.433. The number of aromatic nitrogens is 3. The quantitative estimate of drug-likeness (QED) is 0.610. The number of benzene rings is 1. The zero-order valence-electron chi connectivity index (χ0n) is 12.5. The van der Waals surface area contributed by atoms with Crippen molar-refractivity contribution in [2.45, 2.75) is 6.92 Å². The first-order valence-electron chi connectivity index (χ1n) is 7.22. The molecule has 9 nitrogen and oxygen atoms in total. The van der Waals surface area contributed by atoms with Crippen molar-refractivity contribution < 1.29 is 9.72 Å². The number of hydrogen-bond donors (Lipinski definition) is 2. The molecule has 9 heteroatoms. The largest absolute Gasteiger partial charge is 0.350 e. The second-order valence-electron chi connectivity index (χ2n) is 5.45. The van der Waals surface area contributed by atoms with Crippen LogP contribution in [0.3, 0.4) is 0 Å². The first-order valence-corrected chi connectivity index (χ1v) is 7.22. The second kappa shape index (κ2) is 6.13. The molecule has 1 aromatic carbocycles. The maximum Gasteiger partial charge on any atom is 0.273 e. The van der Waals surface area contributed by atoms with Gasteiger partial charge in [-0.3, -0.25) is 14.9 Å². The van der Waals surface area contributed by atoms with Crippen LogP contribution >= 0.6 is 0 Å². The fourth-order valence-electron chi connectivity index (χ4n) is 2.34. The molecular formula is C14H16N6O3. The van der Waals surface area contributed by atoms with Crippen molar-refractivity contribution in [3.05, 3.63) is 45.8 Å². The molecule has 1 aromatic heterocycles. The molecule has 0 saturated carbocycles. The summed E-state index contributed by atoms with van der Waals surface area (Å²) in [5, 5.41) is 24.7. The molecule has 23 heavy (non-hydrogen) atoms. The van der Waals surface area contributed by atoms with E-state index in [1.54, 1.807) is 19.1 Å². The molecule has 3 rings (SSSR count). The van der Waals surface area contributed by atoms with Gasteiger partial charge >= 0.3 is 0 Å². The van der Waals surface area contributed by atoms with E-state index in [-0.39, 0.29) is 17.3 Å². The van der Waals surface area contributed by atoms with Gasteiger partial charge < -0.3 is 10.6 Å². The molecular weight excluding hydrogens is 300 g/mol. The first kappa shape index (κ1) is 15.1. The summed E-state index contributed by atoms with van der Waals surface area (Å²) < 4.78 is 1.42. The van der Waals surface area contributed by atoms with Crippen molar-refractivity contribution in [1.29, 1.82) is 0 Å². The van der Waals surface area contributed by atoms with Crippen LogP contribution in [0.1, 0.15) is 16.2 Å². The molecule has 0 unspecified atom stereocenters. The molecule has 0 radical (unpaired) electrons. The van der Waals surface area contributed by atoms with Crippen molar-refractivity contribution in [2.24, 2.45) is 5.92 Å². The van der Waals surface area contributed by atoms with Gasteiger partial charge in [-0.15, -0.1) is 5.10 Å². The molecule has 0 atom stereocenters. The van der Waals surface area contributed by atoms with Gasteiger partial charge in [0.1, 0.15) is 0 Å². The van der Waals surface area contributed by atoms with E-state index in [4.69, 9.17) is 0 Å². The summed E-state index contributed by atoms with van der Waals surface area (Å²) in [6.07, 6.45) is 0. The molecule has 2 aromatic rings. The number of hydrogen-bond acceptors (Lipinski definition) is 6. The van der Waals surface area contributed by atoms with Gasteiger partial charge in [0.2, 0.25) is 0 Å². The number of carbonyl (C=O) groups is 1. The third-order valence-electron chi connectivity index (χ3n) is 3.81. The van der Waals surface area contributed by atoms with Crippen LogP contribution in [0.5, 0.6) is 0 Å². The van der Waals surface area contributed by atoms with E-state index in [1.807, 2.05) is 0 Å². The molecule has 2 N–H and O–H groups in total. The van der Waals surface area contributed by atoms with E-state index in [0.29, 0.717) is 23.8 Å². The van der Waals surface area contributed by atoms with Crippen molar-refractivity contribution in [3.8, 4) is 5.69 Å². The Balaban J connectivity index is 1.79. The number of non-ortho nitro benzene ring substituents is 1. The van der Waals surface area contributed by atoms with Gasteiger partial charge in [0.05, 0.1) is 16.3 Å². The minimum absolute atomic E-state index is 0.0408. The number of amides is 1. The number of nitro benzene ring substituents is 1. The summed E-state index contributed by atoms with van der Waals surface area (Å²) in [6.45, 7) is 4.10. The Morgan fingerprint density at radius 3 is 2.96 bits per heavy atom. The number of nitrogens with one attached hydrogen (secondary N) is 2. The molecule has 1 aliphatic heterocycles. The zero-order valence-corrected chi connectivity index (χ0v) is 12.5. The minimum Gasteiger partial charge on any atom is -0.350 e. The summed E-state index contributed by atoms with van der Waals surface area (Å²) in [5.74, 6) is 0.164. The number of nitro groups is 1. The Bertz CT molecular complexity index is 753. The van der Waals surface area contributed by atoms with Crippen molar-refractivity contribution in [1.82, 2.24) is 25.6 Å². The van der Waals surface area contributed by atoms with E-state index in [1.165, 1.54) is 16.8 Å². The smallest absolute Gasteiger partial charge is 0.273 e. The molecule has 1 fully saturated rings. The molecule has 120 valence electrons. The van der Waals surface area contributed by atoms with Crippen LogP contribution in [0, 0.1) is 23.0 Å². The monoisotopic (exact) mass is 316 g/mol. The molecule has 1 saturated heterocycles. The highest BCUT2D eigenvalue weighted by Gasteiger charge is 2.21. The van der Waals surface area contributed by atoms with E-state index < -0.39 is 4.92 Å². The standard InChI is InChI=1S/C14H16N6O3/c1-9-13(14(21)16-8-10-6-15-7-10)17-18-19(9)11-3-2-4-12(5-11)20(22)23/h2-5,10,15H,6-8H2,1H3,(H,16,21). The minimum atomic E-state index is -0.476. The fourth-order valence-corrected chi connectivity index (χ4v) is 2.34. The normalized spacial score (nSPS) is 14.3. The SMILES string of the molecule is Cc1c(C(=O)NCC2CNC2)nnn1-c1cccc([N+](=O)[O-])c1. The van der Waals surface area contributed by atoms with Crippen LogP contribution < -0.4 is 10.6 Å². The number of nitrogens with zero attached hydrogens (tertiary/aromatic N) is 4. The van der Waals surface area contributed by atoms with E-state index in [0.717, 1.165) is 13.1 Å². The maximum atomic E-state index is 12.2. The van der Waals surface area contributed by atoms with E-state index in [9.17, 15) is 14.9 Å². The highest BCUT2D eigenvalue weighted by Crippen LogP contribution is 2.18. The van der Waals surface area contributed by atoms with Crippen LogP contribution in [0.4, 0.5) is 5.69 Å². The molecule has 1 amide bonds. The van der Waals surface area contributed by atoms with Gasteiger partial charge in [-0.2, -0.15) is 0 Å². The lowest BCUT2D eigenvalue weighted by atomic mass is 10.0. The van der Waals surface area contributed by atoms with Gasteiger partial charge in [-0.1, -0.05) is 11.3 Å². The maximum absolute atomic E-state index is 12.2. The van der Waals surface area contributed by atoms with Gasteiger partial charge in [0.15, 0.2) is 5.69 Å². The Morgan fingerprint density at radius 1 is 1.52 bits per heavy atom. The van der Waals surface area contributed by atoms with Gasteiger partial charge in [-0.25, -0.2) is 4.68 Å². The van der Waals surface area contributed by atoms with Gasteiger partial charge in [-0.05, 0) is 13.0 Å². The highest BCUT2D eigenvalue weighted by molar-refractivity contribution is 5.93. The predicted molar refractivity (Wildman–Crippen MR) is 81.4 cm³/mol. The Kier molecular flexibility index (Phi) is 4.02. The Morgan fingerprint density at radius 2 is 2.30 bits per heavy atom. The lowest BCUT2D eigenvalue weighted by Crippen LogP contribution is -2.48. The zero-order chi connectivity index (χ0) is 16.4. The van der Waals surface area contributed by atoms with Crippen molar-refractivity contribution in [3.63, 3.8) is 0 Å². The van der Waals surface area contributed by atoms with Crippen LogP contribution in [-0.4, -0.2) is 45.5 Å². The number of rotatable bonds is 5. The fraction of sp³-hybridized carbons (Fsp3) is 0.357. The second-order valence-corrected chi connectivity index (χ2v) is 5.45.